The minimum absolute atomic E-state index is 0. The molecular formula is C22H27NaO11S. The van der Waals surface area contributed by atoms with Crippen molar-refractivity contribution in [2.75, 3.05) is 41.7 Å². The van der Waals surface area contributed by atoms with E-state index in [-0.39, 0.29) is 77.1 Å². The molecule has 2 aromatic rings. The van der Waals surface area contributed by atoms with Crippen molar-refractivity contribution >= 4 is 10.4 Å². The predicted octanol–water partition coefficient (Wildman–Crippen LogP) is -1.47. The summed E-state index contributed by atoms with van der Waals surface area (Å²) in [5, 5.41) is 31.3. The monoisotopic (exact) mass is 522 g/mol. The van der Waals surface area contributed by atoms with Gasteiger partial charge in [0.05, 0.1) is 35.0 Å². The first-order chi connectivity index (χ1) is 16.1. The van der Waals surface area contributed by atoms with Gasteiger partial charge in [-0.25, -0.2) is 8.42 Å². The quantitative estimate of drug-likeness (QED) is 0.200. The smallest absolute Gasteiger partial charge is 0.726 e. The van der Waals surface area contributed by atoms with Gasteiger partial charge >= 0.3 is 29.6 Å². The third kappa shape index (κ3) is 5.91. The van der Waals surface area contributed by atoms with Crippen LogP contribution in [0.25, 0.3) is 0 Å². The van der Waals surface area contributed by atoms with Gasteiger partial charge in [-0.15, -0.1) is 0 Å². The number of aliphatic hydroxyl groups is 1. The van der Waals surface area contributed by atoms with Gasteiger partial charge in [0.15, 0.2) is 23.0 Å². The molecule has 0 bridgehead atoms. The fourth-order valence-electron chi connectivity index (χ4n) is 4.58. The van der Waals surface area contributed by atoms with Crippen molar-refractivity contribution < 1.29 is 81.0 Å². The first-order valence-corrected chi connectivity index (χ1v) is 11.6. The number of benzene rings is 2. The summed E-state index contributed by atoms with van der Waals surface area (Å²) in [6, 6.07) is 4.65. The van der Waals surface area contributed by atoms with Crippen molar-refractivity contribution in [2.24, 2.45) is 11.8 Å². The number of aliphatic hydroxyl groups excluding tert-OH is 1. The number of aromatic hydroxyl groups is 2. The van der Waals surface area contributed by atoms with Crippen LogP contribution in [0.15, 0.2) is 18.2 Å². The largest absolute Gasteiger partial charge is 1.00 e. The summed E-state index contributed by atoms with van der Waals surface area (Å²) in [6.07, 6.45) is 0.259. The van der Waals surface area contributed by atoms with E-state index < -0.39 is 34.8 Å². The van der Waals surface area contributed by atoms with Gasteiger partial charge in [0.25, 0.3) is 0 Å². The summed E-state index contributed by atoms with van der Waals surface area (Å²) >= 11 is 0. The van der Waals surface area contributed by atoms with E-state index in [9.17, 15) is 28.3 Å². The summed E-state index contributed by atoms with van der Waals surface area (Å²) in [4.78, 5) is 0. The molecule has 1 aliphatic carbocycles. The number of hydrogen-bond donors (Lipinski definition) is 3. The van der Waals surface area contributed by atoms with Crippen molar-refractivity contribution in [3.63, 3.8) is 0 Å². The molecule has 3 atom stereocenters. The van der Waals surface area contributed by atoms with Crippen molar-refractivity contribution in [2.45, 2.75) is 12.3 Å². The molecule has 0 spiro atoms. The summed E-state index contributed by atoms with van der Waals surface area (Å²) in [7, 11) is 0.420. The van der Waals surface area contributed by atoms with Crippen LogP contribution in [0.5, 0.6) is 34.5 Å². The molecule has 0 aromatic heterocycles. The third-order valence-electron chi connectivity index (χ3n) is 6.10. The van der Waals surface area contributed by atoms with Crippen molar-refractivity contribution in [1.29, 1.82) is 0 Å². The Kier molecular flexibility index (Phi) is 9.94. The van der Waals surface area contributed by atoms with E-state index in [0.29, 0.717) is 16.7 Å². The molecule has 35 heavy (non-hydrogen) atoms. The number of fused-ring (bicyclic) bond motifs is 1. The number of hydrogen-bond acceptors (Lipinski definition) is 11. The Morgan fingerprint density at radius 3 is 1.94 bits per heavy atom. The third-order valence-corrected chi connectivity index (χ3v) is 6.52. The van der Waals surface area contributed by atoms with Gasteiger partial charge in [0, 0.05) is 24.0 Å². The van der Waals surface area contributed by atoms with Crippen molar-refractivity contribution in [3.8, 4) is 34.5 Å². The van der Waals surface area contributed by atoms with E-state index in [0.717, 1.165) is 0 Å². The molecule has 0 aliphatic heterocycles. The van der Waals surface area contributed by atoms with E-state index >= 15 is 0 Å². The van der Waals surface area contributed by atoms with Crippen LogP contribution in [0.3, 0.4) is 0 Å². The summed E-state index contributed by atoms with van der Waals surface area (Å²) in [6.45, 7) is -0.886. The number of methoxy groups -OCH3 is 4. The Morgan fingerprint density at radius 2 is 1.49 bits per heavy atom. The van der Waals surface area contributed by atoms with Gasteiger partial charge < -0.3 is 38.8 Å². The molecule has 0 saturated carbocycles. The summed E-state index contributed by atoms with van der Waals surface area (Å²) < 4.78 is 59.7. The van der Waals surface area contributed by atoms with Gasteiger partial charge in [0.2, 0.25) is 21.9 Å². The van der Waals surface area contributed by atoms with Crippen LogP contribution in [-0.4, -0.2) is 69.9 Å². The van der Waals surface area contributed by atoms with E-state index in [1.54, 1.807) is 6.07 Å². The molecule has 13 heteroatoms. The standard InChI is InChI=1S/C22H28O11S.Na/c1-29-15-7-12(8-16(30-2)20(15)24)18-14(10-33-34(26,27)28)13(9-23)5-11-6-17(31-3)21(25)22(32-4)19(11)18;/h6-8,13-14,18,23-25H,5,9-10H2,1-4H3,(H,26,27,28);/q;+1/p-1. The SMILES string of the molecule is COc1cc(C2c3c(cc(OC)c(O)c3OC)CC(CO)C2COS(=O)(=O)[O-])cc(OC)c1O.[Na+]. The summed E-state index contributed by atoms with van der Waals surface area (Å²) in [5.41, 5.74) is 1.63. The fraction of sp³-hybridized carbons (Fsp3) is 0.455. The number of rotatable bonds is 9. The van der Waals surface area contributed by atoms with Gasteiger partial charge in [-0.1, -0.05) is 0 Å². The average molecular weight is 523 g/mol. The van der Waals surface area contributed by atoms with E-state index in [4.69, 9.17) is 18.9 Å². The Labute approximate surface area is 225 Å². The zero-order valence-electron chi connectivity index (χ0n) is 20.1. The Bertz CT molecular complexity index is 1130. The van der Waals surface area contributed by atoms with Gasteiger partial charge in [-0.05, 0) is 41.7 Å². The number of phenolic OH excluding ortho intramolecular Hbond substituents is 2. The molecule has 0 heterocycles. The predicted molar refractivity (Wildman–Crippen MR) is 118 cm³/mol. The van der Waals surface area contributed by atoms with Gasteiger partial charge in [-0.3, -0.25) is 4.18 Å². The molecular weight excluding hydrogens is 495 g/mol. The number of phenols is 2. The average Bonchev–Trinajstić information content (AvgIpc) is 2.81. The maximum absolute atomic E-state index is 11.3. The zero-order chi connectivity index (χ0) is 25.2. The van der Waals surface area contributed by atoms with E-state index in [1.807, 2.05) is 0 Å². The van der Waals surface area contributed by atoms with Crippen LogP contribution in [0, 0.1) is 11.8 Å². The minimum Gasteiger partial charge on any atom is -0.726 e. The molecule has 0 radical (unpaired) electrons. The molecule has 3 unspecified atom stereocenters. The van der Waals surface area contributed by atoms with E-state index in [1.165, 1.54) is 40.6 Å². The second-order valence-corrected chi connectivity index (χ2v) is 8.84. The van der Waals surface area contributed by atoms with Crippen LogP contribution in [0.1, 0.15) is 22.6 Å². The first-order valence-electron chi connectivity index (χ1n) is 10.2. The molecule has 0 fully saturated rings. The van der Waals surface area contributed by atoms with Crippen molar-refractivity contribution in [3.05, 3.63) is 34.9 Å². The van der Waals surface area contributed by atoms with Crippen LogP contribution in [0.4, 0.5) is 0 Å². The minimum atomic E-state index is -5.03. The Balaban J connectivity index is 0.00000432. The topological polar surface area (TPSA) is 164 Å². The van der Waals surface area contributed by atoms with Crippen molar-refractivity contribution in [1.82, 2.24) is 0 Å². The van der Waals surface area contributed by atoms with Crippen LogP contribution in [-0.2, 0) is 21.0 Å². The molecule has 0 amide bonds. The van der Waals surface area contributed by atoms with E-state index in [2.05, 4.69) is 4.18 Å². The maximum Gasteiger partial charge on any atom is 1.00 e. The molecule has 2 aromatic carbocycles. The Hall–Kier alpha value is -1.93. The molecule has 3 N–H and O–H groups in total. The van der Waals surface area contributed by atoms with Gasteiger partial charge in [-0.2, -0.15) is 0 Å². The van der Waals surface area contributed by atoms with Crippen LogP contribution >= 0.6 is 0 Å². The van der Waals surface area contributed by atoms with Crippen LogP contribution < -0.4 is 48.5 Å². The first kappa shape index (κ1) is 29.3. The molecule has 3 rings (SSSR count). The Morgan fingerprint density at radius 1 is 0.943 bits per heavy atom. The molecule has 0 saturated heterocycles. The van der Waals surface area contributed by atoms with Gasteiger partial charge in [0.1, 0.15) is 0 Å². The van der Waals surface area contributed by atoms with Crippen LogP contribution in [0.2, 0.25) is 0 Å². The summed E-state index contributed by atoms with van der Waals surface area (Å²) in [5.74, 6) is -2.18. The molecule has 1 aliphatic rings. The second-order valence-electron chi connectivity index (χ2n) is 7.79. The second kappa shape index (κ2) is 11.9. The zero-order valence-corrected chi connectivity index (χ0v) is 22.9. The normalized spacial score (nSPS) is 19.3. The molecule has 11 nitrogen and oxygen atoms in total. The maximum atomic E-state index is 11.3. The molecule has 188 valence electrons. The number of ether oxygens (including phenoxy) is 4. The fourth-order valence-corrected chi connectivity index (χ4v) is 4.91.